The van der Waals surface area contributed by atoms with Crippen LogP contribution in [0.1, 0.15) is 28.0 Å². The van der Waals surface area contributed by atoms with E-state index >= 15 is 0 Å². The molecule has 18 heavy (non-hydrogen) atoms. The van der Waals surface area contributed by atoms with Gasteiger partial charge in [0.1, 0.15) is 5.69 Å². The lowest BCUT2D eigenvalue weighted by molar-refractivity contribution is -0.275. The van der Waals surface area contributed by atoms with Gasteiger partial charge < -0.3 is 4.74 Å². The lowest BCUT2D eigenvalue weighted by Gasteiger charge is -2.16. The molecule has 0 radical (unpaired) electrons. The average Bonchev–Trinajstić information content (AvgIpc) is 2.26. The first kappa shape index (κ1) is 14.6. The number of carbonyl (C=O) groups is 1. The van der Waals surface area contributed by atoms with Crippen molar-refractivity contribution in [1.29, 1.82) is 0 Å². The van der Waals surface area contributed by atoms with Crippen molar-refractivity contribution >= 4 is 17.9 Å². The first-order valence-electron chi connectivity index (χ1n) is 4.37. The Morgan fingerprint density at radius 2 is 2.06 bits per heavy atom. The van der Waals surface area contributed by atoms with Crippen LogP contribution < -0.4 is 4.74 Å². The smallest absolute Gasteiger partial charge is 0.403 e. The molecule has 1 rings (SSSR count). The highest BCUT2D eigenvalue weighted by Crippen LogP contribution is 2.35. The predicted octanol–water partition coefficient (Wildman–Crippen LogP) is 3.47. The SMILES string of the molecule is O=Cc1ncc(C(F)F)c(CCl)c1OC(F)(F)F. The lowest BCUT2D eigenvalue weighted by Crippen LogP contribution is -2.20. The maximum atomic E-state index is 12.5. The maximum absolute atomic E-state index is 12.5. The Bertz CT molecular complexity index is 449. The predicted molar refractivity (Wildman–Crippen MR) is 50.8 cm³/mol. The fraction of sp³-hybridized carbons (Fsp3) is 0.333. The molecule has 1 heterocycles. The van der Waals surface area contributed by atoms with Gasteiger partial charge in [0.05, 0.1) is 5.88 Å². The molecule has 0 bridgehead atoms. The van der Waals surface area contributed by atoms with Gasteiger partial charge in [-0.2, -0.15) is 0 Å². The molecule has 0 fully saturated rings. The summed E-state index contributed by atoms with van der Waals surface area (Å²) in [5.41, 5.74) is -2.16. The summed E-state index contributed by atoms with van der Waals surface area (Å²) < 4.78 is 64.9. The molecule has 0 aliphatic rings. The van der Waals surface area contributed by atoms with E-state index in [9.17, 15) is 26.7 Å². The molecular weight excluding hydrogens is 285 g/mol. The molecule has 0 unspecified atom stereocenters. The van der Waals surface area contributed by atoms with Crippen molar-refractivity contribution in [2.45, 2.75) is 18.7 Å². The van der Waals surface area contributed by atoms with E-state index < -0.39 is 41.2 Å². The molecule has 0 N–H and O–H groups in total. The molecule has 100 valence electrons. The third kappa shape index (κ3) is 3.28. The summed E-state index contributed by atoms with van der Waals surface area (Å²) in [6.07, 6.45) is -7.66. The van der Waals surface area contributed by atoms with Crippen LogP contribution in [0.2, 0.25) is 0 Å². The zero-order valence-electron chi connectivity index (χ0n) is 8.47. The van der Waals surface area contributed by atoms with E-state index in [1.165, 1.54) is 0 Å². The molecule has 0 atom stereocenters. The highest BCUT2D eigenvalue weighted by atomic mass is 35.5. The van der Waals surface area contributed by atoms with E-state index in [-0.39, 0.29) is 6.29 Å². The number of hydrogen-bond acceptors (Lipinski definition) is 3. The molecule has 3 nitrogen and oxygen atoms in total. The highest BCUT2D eigenvalue weighted by Gasteiger charge is 2.35. The number of alkyl halides is 6. The fourth-order valence-corrected chi connectivity index (χ4v) is 1.48. The van der Waals surface area contributed by atoms with Gasteiger partial charge in [0, 0.05) is 17.3 Å². The quantitative estimate of drug-likeness (QED) is 0.484. The topological polar surface area (TPSA) is 39.2 Å². The van der Waals surface area contributed by atoms with E-state index in [4.69, 9.17) is 11.6 Å². The molecule has 0 spiro atoms. The van der Waals surface area contributed by atoms with Crippen LogP contribution in [-0.2, 0) is 5.88 Å². The van der Waals surface area contributed by atoms with Crippen LogP contribution in [-0.4, -0.2) is 17.6 Å². The standard InChI is InChI=1S/C9H5ClF5NO2/c10-1-4-5(8(11)12)2-16-6(3-17)7(4)18-9(13,14)15/h2-3,8H,1H2. The minimum absolute atomic E-state index is 0.0353. The van der Waals surface area contributed by atoms with Crippen LogP contribution in [0.15, 0.2) is 6.20 Å². The summed E-state index contributed by atoms with van der Waals surface area (Å²) in [5.74, 6) is -1.76. The Morgan fingerprint density at radius 3 is 2.44 bits per heavy atom. The Morgan fingerprint density at radius 1 is 1.44 bits per heavy atom. The van der Waals surface area contributed by atoms with Crippen molar-refractivity contribution in [2.24, 2.45) is 0 Å². The van der Waals surface area contributed by atoms with Gasteiger partial charge in [-0.25, -0.2) is 13.8 Å². The molecule has 0 saturated carbocycles. The van der Waals surface area contributed by atoms with Crippen LogP contribution >= 0.6 is 11.6 Å². The summed E-state index contributed by atoms with van der Waals surface area (Å²) in [4.78, 5) is 13.7. The van der Waals surface area contributed by atoms with E-state index in [1.807, 2.05) is 0 Å². The number of nitrogens with zero attached hydrogens (tertiary/aromatic N) is 1. The average molecular weight is 290 g/mol. The molecule has 0 aliphatic carbocycles. The minimum atomic E-state index is -5.14. The first-order chi connectivity index (χ1) is 8.30. The molecule has 1 aromatic heterocycles. The Balaban J connectivity index is 3.41. The summed E-state index contributed by atoms with van der Waals surface area (Å²) in [6, 6.07) is 0. The van der Waals surface area contributed by atoms with Crippen LogP contribution in [0, 0.1) is 0 Å². The molecule has 9 heteroatoms. The van der Waals surface area contributed by atoms with Crippen molar-refractivity contribution in [2.75, 3.05) is 0 Å². The zero-order valence-corrected chi connectivity index (χ0v) is 9.23. The monoisotopic (exact) mass is 289 g/mol. The maximum Gasteiger partial charge on any atom is 0.573 e. The van der Waals surface area contributed by atoms with E-state index in [2.05, 4.69) is 9.72 Å². The summed E-state index contributed by atoms with van der Waals surface area (Å²) >= 11 is 5.31. The van der Waals surface area contributed by atoms with Gasteiger partial charge in [-0.3, -0.25) is 4.79 Å². The molecular formula is C9H5ClF5NO2. The van der Waals surface area contributed by atoms with E-state index in [0.717, 1.165) is 0 Å². The molecule has 1 aromatic rings. The third-order valence-electron chi connectivity index (χ3n) is 1.90. The van der Waals surface area contributed by atoms with E-state index in [0.29, 0.717) is 6.20 Å². The van der Waals surface area contributed by atoms with Crippen molar-refractivity contribution in [3.05, 3.63) is 23.0 Å². The van der Waals surface area contributed by atoms with Gasteiger partial charge >= 0.3 is 6.36 Å². The Labute approximate surface area is 103 Å². The van der Waals surface area contributed by atoms with Gasteiger partial charge in [-0.05, 0) is 0 Å². The number of aldehydes is 1. The van der Waals surface area contributed by atoms with Gasteiger partial charge in [0.25, 0.3) is 6.43 Å². The minimum Gasteiger partial charge on any atom is -0.403 e. The second-order valence-electron chi connectivity index (χ2n) is 3.01. The molecule has 0 aliphatic heterocycles. The van der Waals surface area contributed by atoms with Gasteiger partial charge in [0.15, 0.2) is 12.0 Å². The van der Waals surface area contributed by atoms with Crippen molar-refractivity contribution in [3.8, 4) is 5.75 Å². The van der Waals surface area contributed by atoms with Crippen LogP contribution in [0.5, 0.6) is 5.75 Å². The molecule has 0 saturated heterocycles. The van der Waals surface area contributed by atoms with Crippen molar-refractivity contribution in [3.63, 3.8) is 0 Å². The number of hydrogen-bond donors (Lipinski definition) is 0. The highest BCUT2D eigenvalue weighted by molar-refractivity contribution is 6.17. The van der Waals surface area contributed by atoms with Crippen LogP contribution in [0.3, 0.4) is 0 Å². The zero-order chi connectivity index (χ0) is 13.9. The number of carbonyl (C=O) groups excluding carboxylic acids is 1. The van der Waals surface area contributed by atoms with Crippen LogP contribution in [0.4, 0.5) is 22.0 Å². The molecule has 0 amide bonds. The van der Waals surface area contributed by atoms with Gasteiger partial charge in [-0.1, -0.05) is 0 Å². The van der Waals surface area contributed by atoms with Crippen molar-refractivity contribution in [1.82, 2.24) is 4.98 Å². The first-order valence-corrected chi connectivity index (χ1v) is 4.90. The van der Waals surface area contributed by atoms with Crippen LogP contribution in [0.25, 0.3) is 0 Å². The Hall–Kier alpha value is -1.44. The number of ether oxygens (including phenoxy) is 1. The van der Waals surface area contributed by atoms with Gasteiger partial charge in [-0.15, -0.1) is 24.8 Å². The largest absolute Gasteiger partial charge is 0.573 e. The lowest BCUT2D eigenvalue weighted by atomic mass is 10.1. The fourth-order valence-electron chi connectivity index (χ4n) is 1.20. The third-order valence-corrected chi connectivity index (χ3v) is 2.16. The second-order valence-corrected chi connectivity index (χ2v) is 3.27. The normalized spacial score (nSPS) is 11.7. The van der Waals surface area contributed by atoms with Crippen molar-refractivity contribution < 1.29 is 31.5 Å². The number of halogens is 6. The number of rotatable bonds is 4. The van der Waals surface area contributed by atoms with Gasteiger partial charge in [0.2, 0.25) is 0 Å². The van der Waals surface area contributed by atoms with E-state index in [1.54, 1.807) is 0 Å². The number of pyridine rings is 1. The molecule has 0 aromatic carbocycles. The second kappa shape index (κ2) is 5.47. The summed E-state index contributed by atoms with van der Waals surface area (Å²) in [7, 11) is 0. The summed E-state index contributed by atoms with van der Waals surface area (Å²) in [6.45, 7) is 0. The summed E-state index contributed by atoms with van der Waals surface area (Å²) in [5, 5.41) is 0. The Kier molecular flexibility index (Phi) is 4.44. The number of aromatic nitrogens is 1.